The van der Waals surface area contributed by atoms with Crippen LogP contribution in [-0.4, -0.2) is 29.2 Å². The van der Waals surface area contributed by atoms with E-state index in [1.54, 1.807) is 0 Å². The van der Waals surface area contributed by atoms with E-state index in [1.807, 2.05) is 18.7 Å². The number of hydrogen-bond acceptors (Lipinski definition) is 2. The molecule has 0 aromatic rings. The van der Waals surface area contributed by atoms with Crippen molar-refractivity contribution >= 4 is 11.7 Å². The van der Waals surface area contributed by atoms with Gasteiger partial charge in [-0.1, -0.05) is 13.8 Å². The van der Waals surface area contributed by atoms with Gasteiger partial charge in [-0.3, -0.25) is 9.59 Å². The van der Waals surface area contributed by atoms with Crippen LogP contribution >= 0.6 is 0 Å². The van der Waals surface area contributed by atoms with E-state index in [2.05, 4.69) is 0 Å². The molecule has 0 N–H and O–H groups in total. The van der Waals surface area contributed by atoms with Gasteiger partial charge in [0.1, 0.15) is 0 Å². The third-order valence-corrected chi connectivity index (χ3v) is 3.45. The van der Waals surface area contributed by atoms with Gasteiger partial charge in [-0.15, -0.1) is 0 Å². The average molecular weight is 195 g/mol. The van der Waals surface area contributed by atoms with Crippen molar-refractivity contribution in [2.75, 3.05) is 6.54 Å². The molecule has 1 saturated heterocycles. The third kappa shape index (κ3) is 1.35. The lowest BCUT2D eigenvalue weighted by Crippen LogP contribution is -2.42. The highest BCUT2D eigenvalue weighted by molar-refractivity contribution is 5.90. The molecule has 2 aliphatic rings. The van der Waals surface area contributed by atoms with Crippen LogP contribution in [0.15, 0.2) is 0 Å². The fourth-order valence-electron chi connectivity index (χ4n) is 2.55. The Hall–Kier alpha value is -0.860. The Bertz CT molecular complexity index is 274. The van der Waals surface area contributed by atoms with Gasteiger partial charge in [0.15, 0.2) is 5.78 Å². The van der Waals surface area contributed by atoms with Crippen molar-refractivity contribution in [1.82, 2.24) is 4.90 Å². The van der Waals surface area contributed by atoms with E-state index < -0.39 is 0 Å². The predicted molar refractivity (Wildman–Crippen MR) is 52.7 cm³/mol. The van der Waals surface area contributed by atoms with Gasteiger partial charge in [0.05, 0.1) is 6.04 Å². The molecule has 1 saturated carbocycles. The number of piperidine rings is 1. The summed E-state index contributed by atoms with van der Waals surface area (Å²) in [6.07, 6.45) is 2.23. The van der Waals surface area contributed by atoms with Crippen LogP contribution in [0.1, 0.15) is 33.1 Å². The Labute approximate surface area is 84.5 Å². The highest BCUT2D eigenvalue weighted by Gasteiger charge is 2.55. The number of hydrogen-bond donors (Lipinski definition) is 0. The van der Waals surface area contributed by atoms with E-state index in [1.165, 1.54) is 0 Å². The predicted octanol–water partition coefficient (Wildman–Crippen LogP) is 1.22. The van der Waals surface area contributed by atoms with E-state index in [0.29, 0.717) is 24.7 Å². The van der Waals surface area contributed by atoms with E-state index in [0.717, 1.165) is 13.0 Å². The zero-order valence-electron chi connectivity index (χ0n) is 8.82. The van der Waals surface area contributed by atoms with Crippen LogP contribution < -0.4 is 0 Å². The second kappa shape index (κ2) is 3.37. The summed E-state index contributed by atoms with van der Waals surface area (Å²) >= 11 is 0. The van der Waals surface area contributed by atoms with Crippen LogP contribution in [0.4, 0.5) is 0 Å². The first-order valence-electron chi connectivity index (χ1n) is 5.51. The van der Waals surface area contributed by atoms with Gasteiger partial charge in [-0.2, -0.15) is 0 Å². The SMILES string of the molecule is CCC(=O)[C@@H]1[C@H]2C[C@H]2CN1C(=O)CC. The maximum Gasteiger partial charge on any atom is 0.222 e. The highest BCUT2D eigenvalue weighted by Crippen LogP contribution is 2.50. The van der Waals surface area contributed by atoms with Crippen LogP contribution in [0.2, 0.25) is 0 Å². The van der Waals surface area contributed by atoms with E-state index in [-0.39, 0.29) is 17.7 Å². The Morgan fingerprint density at radius 1 is 1.29 bits per heavy atom. The first-order valence-corrected chi connectivity index (χ1v) is 5.51. The molecule has 1 heterocycles. The summed E-state index contributed by atoms with van der Waals surface area (Å²) in [4.78, 5) is 25.1. The number of nitrogens with zero attached hydrogens (tertiary/aromatic N) is 1. The molecule has 14 heavy (non-hydrogen) atoms. The number of rotatable bonds is 3. The van der Waals surface area contributed by atoms with E-state index >= 15 is 0 Å². The number of carbonyl (C=O) groups is 2. The minimum Gasteiger partial charge on any atom is -0.332 e. The van der Waals surface area contributed by atoms with Crippen molar-refractivity contribution in [3.8, 4) is 0 Å². The quantitative estimate of drug-likeness (QED) is 0.679. The van der Waals surface area contributed by atoms with Crippen molar-refractivity contribution in [1.29, 1.82) is 0 Å². The first kappa shape index (κ1) is 9.69. The Morgan fingerprint density at radius 3 is 2.57 bits per heavy atom. The van der Waals surface area contributed by atoms with Crippen LogP contribution in [0.5, 0.6) is 0 Å². The maximum atomic E-state index is 11.7. The molecule has 2 rings (SSSR count). The van der Waals surface area contributed by atoms with Gasteiger partial charge in [0.2, 0.25) is 5.91 Å². The molecule has 0 unspecified atom stereocenters. The molecule has 3 heteroatoms. The van der Waals surface area contributed by atoms with Crippen molar-refractivity contribution in [2.45, 2.75) is 39.2 Å². The molecule has 2 fully saturated rings. The molecule has 3 nitrogen and oxygen atoms in total. The number of fused-ring (bicyclic) bond motifs is 1. The monoisotopic (exact) mass is 195 g/mol. The normalized spacial score (nSPS) is 34.1. The fraction of sp³-hybridized carbons (Fsp3) is 0.818. The van der Waals surface area contributed by atoms with Gasteiger partial charge in [-0.25, -0.2) is 0 Å². The van der Waals surface area contributed by atoms with Crippen LogP contribution in [0.3, 0.4) is 0 Å². The van der Waals surface area contributed by atoms with Crippen molar-refractivity contribution in [3.05, 3.63) is 0 Å². The van der Waals surface area contributed by atoms with Crippen molar-refractivity contribution in [2.24, 2.45) is 11.8 Å². The zero-order valence-corrected chi connectivity index (χ0v) is 8.82. The van der Waals surface area contributed by atoms with Gasteiger partial charge >= 0.3 is 0 Å². The highest BCUT2D eigenvalue weighted by atomic mass is 16.2. The molecule has 1 amide bonds. The Morgan fingerprint density at radius 2 is 2.00 bits per heavy atom. The molecule has 1 aliphatic heterocycles. The maximum absolute atomic E-state index is 11.7. The van der Waals surface area contributed by atoms with Gasteiger partial charge in [0, 0.05) is 19.4 Å². The van der Waals surface area contributed by atoms with E-state index in [9.17, 15) is 9.59 Å². The average Bonchev–Trinajstić information content (AvgIpc) is 2.87. The lowest BCUT2D eigenvalue weighted by atomic mass is 10.1. The summed E-state index contributed by atoms with van der Waals surface area (Å²) < 4.78 is 0. The number of amides is 1. The molecule has 0 bridgehead atoms. The molecule has 3 atom stereocenters. The second-order valence-electron chi connectivity index (χ2n) is 4.32. The lowest BCUT2D eigenvalue weighted by molar-refractivity contribution is -0.138. The van der Waals surface area contributed by atoms with Crippen molar-refractivity contribution < 1.29 is 9.59 Å². The fourth-order valence-corrected chi connectivity index (χ4v) is 2.55. The number of ketones is 1. The van der Waals surface area contributed by atoms with Gasteiger partial charge in [0.25, 0.3) is 0 Å². The third-order valence-electron chi connectivity index (χ3n) is 3.45. The molecular weight excluding hydrogens is 178 g/mol. The standard InChI is InChI=1S/C11H17NO2/c1-3-9(13)11-8-5-7(8)6-12(11)10(14)4-2/h7-8,11H,3-6H2,1-2H3/t7-,8-,11-/m0/s1. The molecule has 0 spiro atoms. The number of likely N-dealkylation sites (tertiary alicyclic amines) is 1. The minimum atomic E-state index is -0.0718. The van der Waals surface area contributed by atoms with Crippen molar-refractivity contribution in [3.63, 3.8) is 0 Å². The summed E-state index contributed by atoms with van der Waals surface area (Å²) in [7, 11) is 0. The molecule has 1 aliphatic carbocycles. The van der Waals surface area contributed by atoms with Gasteiger partial charge < -0.3 is 4.90 Å². The Kier molecular flexibility index (Phi) is 2.33. The van der Waals surface area contributed by atoms with Gasteiger partial charge in [-0.05, 0) is 18.3 Å². The second-order valence-corrected chi connectivity index (χ2v) is 4.32. The molecular formula is C11H17NO2. The molecule has 0 radical (unpaired) electrons. The zero-order chi connectivity index (χ0) is 10.3. The number of carbonyl (C=O) groups excluding carboxylic acids is 2. The van der Waals surface area contributed by atoms with E-state index in [4.69, 9.17) is 0 Å². The molecule has 78 valence electrons. The Balaban J connectivity index is 2.10. The topological polar surface area (TPSA) is 37.4 Å². The summed E-state index contributed by atoms with van der Waals surface area (Å²) in [5, 5.41) is 0. The van der Waals surface area contributed by atoms with Crippen LogP contribution in [-0.2, 0) is 9.59 Å². The lowest BCUT2D eigenvalue weighted by Gasteiger charge is -2.25. The minimum absolute atomic E-state index is 0.0718. The first-order chi connectivity index (χ1) is 6.69. The largest absolute Gasteiger partial charge is 0.332 e. The summed E-state index contributed by atoms with van der Waals surface area (Å²) in [5.41, 5.74) is 0. The summed E-state index contributed by atoms with van der Waals surface area (Å²) in [5.74, 6) is 1.52. The summed E-state index contributed by atoms with van der Waals surface area (Å²) in [6.45, 7) is 4.57. The molecule has 0 aromatic carbocycles. The number of Topliss-reactive ketones (excluding diaryl/α,β-unsaturated/α-hetero) is 1. The van der Waals surface area contributed by atoms with Crippen LogP contribution in [0, 0.1) is 11.8 Å². The smallest absolute Gasteiger partial charge is 0.222 e. The van der Waals surface area contributed by atoms with Crippen LogP contribution in [0.25, 0.3) is 0 Å². The summed E-state index contributed by atoms with van der Waals surface area (Å²) in [6, 6.07) is -0.0718. The molecule has 0 aromatic heterocycles.